The first-order valence-electron chi connectivity index (χ1n) is 10.1. The van der Waals surface area contributed by atoms with Gasteiger partial charge in [-0.2, -0.15) is 0 Å². The summed E-state index contributed by atoms with van der Waals surface area (Å²) < 4.78 is 16.8. The lowest BCUT2D eigenvalue weighted by Crippen LogP contribution is -2.46. The van der Waals surface area contributed by atoms with Crippen LogP contribution in [0.2, 0.25) is 0 Å². The van der Waals surface area contributed by atoms with Crippen molar-refractivity contribution in [3.05, 3.63) is 88.5 Å². The van der Waals surface area contributed by atoms with Crippen LogP contribution < -0.4 is 19.8 Å². The number of nitrogens with zero attached hydrogens (tertiary/aromatic N) is 2. The van der Waals surface area contributed by atoms with Crippen molar-refractivity contribution in [2.24, 2.45) is 0 Å². The highest BCUT2D eigenvalue weighted by Gasteiger charge is 2.20. The minimum Gasteiger partial charge on any atom is -0.495 e. The number of hydrogen-bond acceptors (Lipinski definition) is 6. The summed E-state index contributed by atoms with van der Waals surface area (Å²) in [5.41, 5.74) is 1.97. The predicted molar refractivity (Wildman–Crippen MR) is 116 cm³/mol. The first kappa shape index (κ1) is 20.0. The fraction of sp³-hybridized carbons (Fsp3) is 0.292. The molecule has 0 aliphatic carbocycles. The molecule has 4 rings (SSSR count). The Morgan fingerprint density at radius 1 is 0.933 bits per heavy atom. The van der Waals surface area contributed by atoms with Crippen LogP contribution in [0.3, 0.4) is 0 Å². The number of hydrogen-bond donors (Lipinski definition) is 0. The van der Waals surface area contributed by atoms with Crippen LogP contribution in [0.4, 0.5) is 5.69 Å². The maximum atomic E-state index is 12.4. The first-order valence-corrected chi connectivity index (χ1v) is 10.1. The molecule has 6 heteroatoms. The molecule has 0 N–H and O–H groups in total. The molecule has 0 bridgehead atoms. The van der Waals surface area contributed by atoms with Gasteiger partial charge in [0.25, 0.3) is 0 Å². The van der Waals surface area contributed by atoms with E-state index in [1.807, 2.05) is 48.5 Å². The largest absolute Gasteiger partial charge is 0.495 e. The monoisotopic (exact) mass is 406 g/mol. The number of ether oxygens (including phenoxy) is 2. The van der Waals surface area contributed by atoms with E-state index in [4.69, 9.17) is 13.9 Å². The van der Waals surface area contributed by atoms with Gasteiger partial charge in [-0.25, -0.2) is 0 Å². The van der Waals surface area contributed by atoms with Crippen LogP contribution >= 0.6 is 0 Å². The predicted octanol–water partition coefficient (Wildman–Crippen LogP) is 3.55. The first-order chi connectivity index (χ1) is 14.7. The summed E-state index contributed by atoms with van der Waals surface area (Å²) in [6, 6.07) is 19.4. The van der Waals surface area contributed by atoms with Gasteiger partial charge in [-0.05, 0) is 17.7 Å². The summed E-state index contributed by atoms with van der Waals surface area (Å²) in [5, 5.41) is 0. The third-order valence-corrected chi connectivity index (χ3v) is 5.27. The molecule has 2 aromatic carbocycles. The second-order valence-corrected chi connectivity index (χ2v) is 7.28. The van der Waals surface area contributed by atoms with Crippen molar-refractivity contribution in [3.8, 4) is 11.5 Å². The number of para-hydroxylation sites is 2. The van der Waals surface area contributed by atoms with Crippen LogP contribution in [-0.4, -0.2) is 38.2 Å². The summed E-state index contributed by atoms with van der Waals surface area (Å²) in [7, 11) is 1.70. The van der Waals surface area contributed by atoms with Crippen molar-refractivity contribution in [1.29, 1.82) is 0 Å². The van der Waals surface area contributed by atoms with Crippen molar-refractivity contribution in [2.45, 2.75) is 13.2 Å². The zero-order valence-corrected chi connectivity index (χ0v) is 17.1. The molecule has 0 saturated carbocycles. The summed E-state index contributed by atoms with van der Waals surface area (Å²) in [5.74, 6) is 1.78. The average molecular weight is 406 g/mol. The Hall–Kier alpha value is -3.25. The number of anilines is 1. The van der Waals surface area contributed by atoms with E-state index < -0.39 is 0 Å². The Labute approximate surface area is 176 Å². The van der Waals surface area contributed by atoms with Gasteiger partial charge in [-0.3, -0.25) is 9.69 Å². The van der Waals surface area contributed by atoms with E-state index in [2.05, 4.69) is 15.9 Å². The molecule has 156 valence electrons. The molecule has 0 radical (unpaired) electrons. The molecule has 1 aliphatic rings. The lowest BCUT2D eigenvalue weighted by atomic mass is 10.2. The highest BCUT2D eigenvalue weighted by Crippen LogP contribution is 2.28. The summed E-state index contributed by atoms with van der Waals surface area (Å²) in [4.78, 5) is 17.0. The van der Waals surface area contributed by atoms with Crippen molar-refractivity contribution >= 4 is 5.69 Å². The Morgan fingerprint density at radius 3 is 2.40 bits per heavy atom. The van der Waals surface area contributed by atoms with Gasteiger partial charge in [0.05, 0.1) is 19.3 Å². The number of methoxy groups -OCH3 is 1. The van der Waals surface area contributed by atoms with E-state index in [1.165, 1.54) is 12.3 Å². The number of rotatable bonds is 7. The van der Waals surface area contributed by atoms with Crippen LogP contribution in [0.25, 0.3) is 0 Å². The average Bonchev–Trinajstić information content (AvgIpc) is 2.80. The van der Waals surface area contributed by atoms with Gasteiger partial charge in [0.15, 0.2) is 0 Å². The van der Waals surface area contributed by atoms with E-state index >= 15 is 0 Å². The van der Waals surface area contributed by atoms with Crippen molar-refractivity contribution < 1.29 is 13.9 Å². The standard InChI is InChI=1S/C24H26N2O4/c1-28-23-10-6-5-9-21(23)26-13-11-25(12-14-26)16-20-15-22(27)24(18-29-20)30-17-19-7-3-2-4-8-19/h2-10,15,18H,11-14,16-17H2,1H3. The van der Waals surface area contributed by atoms with Crippen LogP contribution in [0, 0.1) is 0 Å². The molecule has 3 aromatic rings. The smallest absolute Gasteiger partial charge is 0.227 e. The molecule has 0 unspecified atom stereocenters. The zero-order valence-electron chi connectivity index (χ0n) is 17.1. The summed E-state index contributed by atoms with van der Waals surface area (Å²) in [6.07, 6.45) is 1.42. The van der Waals surface area contributed by atoms with Crippen LogP contribution in [0.1, 0.15) is 11.3 Å². The molecule has 0 spiro atoms. The normalized spacial score (nSPS) is 14.5. The topological polar surface area (TPSA) is 55.2 Å². The minimum absolute atomic E-state index is 0.153. The molecule has 6 nitrogen and oxygen atoms in total. The molecule has 1 saturated heterocycles. The molecule has 1 aliphatic heterocycles. The van der Waals surface area contributed by atoms with Crippen molar-refractivity contribution in [3.63, 3.8) is 0 Å². The quantitative estimate of drug-likeness (QED) is 0.598. The molecule has 1 fully saturated rings. The minimum atomic E-state index is -0.153. The third kappa shape index (κ3) is 4.83. The van der Waals surface area contributed by atoms with Gasteiger partial charge in [0, 0.05) is 32.2 Å². The molecule has 0 atom stereocenters. The highest BCUT2D eigenvalue weighted by atomic mass is 16.5. The van der Waals surface area contributed by atoms with Gasteiger partial charge in [-0.1, -0.05) is 42.5 Å². The van der Waals surface area contributed by atoms with Crippen molar-refractivity contribution in [1.82, 2.24) is 4.90 Å². The Balaban J connectivity index is 1.32. The van der Waals surface area contributed by atoms with E-state index in [0.29, 0.717) is 18.9 Å². The molecule has 30 heavy (non-hydrogen) atoms. The fourth-order valence-electron chi connectivity index (χ4n) is 3.62. The summed E-state index contributed by atoms with van der Waals surface area (Å²) in [6.45, 7) is 4.50. The molecule has 1 aromatic heterocycles. The van der Waals surface area contributed by atoms with Crippen LogP contribution in [-0.2, 0) is 13.2 Å². The van der Waals surface area contributed by atoms with Gasteiger partial charge < -0.3 is 18.8 Å². The second kappa shape index (κ2) is 9.50. The molecular formula is C24H26N2O4. The lowest BCUT2D eigenvalue weighted by molar-refractivity contribution is 0.224. The van der Waals surface area contributed by atoms with Crippen molar-refractivity contribution in [2.75, 3.05) is 38.2 Å². The van der Waals surface area contributed by atoms with Gasteiger partial charge >= 0.3 is 0 Å². The Morgan fingerprint density at radius 2 is 1.67 bits per heavy atom. The molecule has 2 heterocycles. The molecular weight excluding hydrogens is 380 g/mol. The number of piperazine rings is 1. The van der Waals surface area contributed by atoms with Gasteiger partial charge in [0.2, 0.25) is 11.2 Å². The van der Waals surface area contributed by atoms with Crippen LogP contribution in [0.5, 0.6) is 11.5 Å². The van der Waals surface area contributed by atoms with E-state index in [-0.39, 0.29) is 11.2 Å². The highest BCUT2D eigenvalue weighted by molar-refractivity contribution is 5.58. The fourth-order valence-corrected chi connectivity index (χ4v) is 3.62. The summed E-state index contributed by atoms with van der Waals surface area (Å²) >= 11 is 0. The SMILES string of the molecule is COc1ccccc1N1CCN(Cc2cc(=O)c(OCc3ccccc3)co2)CC1. The van der Waals surface area contributed by atoms with Gasteiger partial charge in [-0.15, -0.1) is 0 Å². The van der Waals surface area contributed by atoms with E-state index in [9.17, 15) is 4.79 Å². The van der Waals surface area contributed by atoms with E-state index in [1.54, 1.807) is 7.11 Å². The third-order valence-electron chi connectivity index (χ3n) is 5.27. The maximum absolute atomic E-state index is 12.4. The Bertz CT molecular complexity index is 1010. The molecule has 0 amide bonds. The van der Waals surface area contributed by atoms with Crippen LogP contribution in [0.15, 0.2) is 76.1 Å². The zero-order chi connectivity index (χ0) is 20.8. The van der Waals surface area contributed by atoms with Gasteiger partial charge in [0.1, 0.15) is 24.4 Å². The maximum Gasteiger partial charge on any atom is 0.227 e. The lowest BCUT2D eigenvalue weighted by Gasteiger charge is -2.36. The second-order valence-electron chi connectivity index (χ2n) is 7.28. The Kier molecular flexibility index (Phi) is 6.35. The van der Waals surface area contributed by atoms with E-state index in [0.717, 1.165) is 43.2 Å². The number of benzene rings is 2.